The van der Waals surface area contributed by atoms with Gasteiger partial charge in [0.2, 0.25) is 0 Å². The SMILES string of the molecule is CCOC(=O)C1=C(c2ccccc2)N=c2s/c(=C\c3ccc(N4CCCC4)c(C)c3)c(=O)n2[C@@H]1c1cc(Cl)ccc1OC. The number of methoxy groups -OCH3 is 1. The Labute approximate surface area is 259 Å². The second-order valence-electron chi connectivity index (χ2n) is 10.6. The third kappa shape index (κ3) is 5.53. The molecular formula is C34H32ClN3O4S. The van der Waals surface area contributed by atoms with Gasteiger partial charge >= 0.3 is 5.97 Å². The van der Waals surface area contributed by atoms with Crippen LogP contribution < -0.4 is 24.5 Å². The number of hydrogen-bond acceptors (Lipinski definition) is 7. The number of anilines is 1. The van der Waals surface area contributed by atoms with Crippen molar-refractivity contribution in [2.24, 2.45) is 4.99 Å². The van der Waals surface area contributed by atoms with Crippen molar-refractivity contribution < 1.29 is 14.3 Å². The highest BCUT2D eigenvalue weighted by molar-refractivity contribution is 7.07. The van der Waals surface area contributed by atoms with Crippen molar-refractivity contribution in [2.75, 3.05) is 31.7 Å². The molecule has 0 saturated carbocycles. The smallest absolute Gasteiger partial charge is 0.338 e. The molecule has 0 spiro atoms. The van der Waals surface area contributed by atoms with Crippen molar-refractivity contribution in [3.63, 3.8) is 0 Å². The standard InChI is InChI=1S/C34H32ClN3O4S/c1-4-42-33(40)29-30(23-10-6-5-7-11-23)36-34-38(31(29)25-20-24(35)13-15-27(25)41-3)32(39)28(43-34)19-22-12-14-26(21(2)18-22)37-16-8-9-17-37/h5-7,10-15,18-20,31H,4,8-9,16-17H2,1-3H3/b28-19-/t31-/m1/s1. The zero-order valence-electron chi connectivity index (χ0n) is 24.3. The van der Waals surface area contributed by atoms with Crippen LogP contribution in [0, 0.1) is 6.92 Å². The lowest BCUT2D eigenvalue weighted by molar-refractivity contribution is -0.138. The lowest BCUT2D eigenvalue weighted by atomic mass is 9.92. The number of thiazole rings is 1. The summed E-state index contributed by atoms with van der Waals surface area (Å²) in [6, 6.07) is 20.1. The van der Waals surface area contributed by atoms with Crippen LogP contribution in [0.5, 0.6) is 5.75 Å². The van der Waals surface area contributed by atoms with Crippen LogP contribution in [0.25, 0.3) is 11.8 Å². The van der Waals surface area contributed by atoms with Gasteiger partial charge in [0.15, 0.2) is 4.80 Å². The number of benzene rings is 3. The van der Waals surface area contributed by atoms with Crippen LogP contribution in [-0.2, 0) is 9.53 Å². The molecule has 2 aliphatic rings. The number of fused-ring (bicyclic) bond motifs is 1. The van der Waals surface area contributed by atoms with Gasteiger partial charge in [0.1, 0.15) is 11.8 Å². The van der Waals surface area contributed by atoms with Gasteiger partial charge in [-0.05, 0) is 74.2 Å². The molecule has 1 atom stereocenters. The first-order valence-electron chi connectivity index (χ1n) is 14.4. The minimum atomic E-state index is -0.874. The van der Waals surface area contributed by atoms with E-state index in [0.29, 0.717) is 31.4 Å². The summed E-state index contributed by atoms with van der Waals surface area (Å²) in [7, 11) is 1.55. The maximum atomic E-state index is 14.2. The largest absolute Gasteiger partial charge is 0.496 e. The Morgan fingerprint density at radius 3 is 2.56 bits per heavy atom. The number of esters is 1. The molecule has 1 saturated heterocycles. The zero-order valence-corrected chi connectivity index (χ0v) is 25.9. The summed E-state index contributed by atoms with van der Waals surface area (Å²) in [6.45, 7) is 6.16. The second kappa shape index (κ2) is 12.2. The highest BCUT2D eigenvalue weighted by atomic mass is 35.5. The molecular weight excluding hydrogens is 582 g/mol. The predicted molar refractivity (Wildman–Crippen MR) is 172 cm³/mol. The van der Waals surface area contributed by atoms with Gasteiger partial charge in [-0.1, -0.05) is 59.3 Å². The van der Waals surface area contributed by atoms with Gasteiger partial charge in [0.25, 0.3) is 5.56 Å². The summed E-state index contributed by atoms with van der Waals surface area (Å²) in [5.41, 5.74) is 5.07. The Kier molecular flexibility index (Phi) is 8.23. The number of nitrogens with zero attached hydrogens (tertiary/aromatic N) is 3. The van der Waals surface area contributed by atoms with Gasteiger partial charge in [-0.15, -0.1) is 0 Å². The monoisotopic (exact) mass is 613 g/mol. The number of aryl methyl sites for hydroxylation is 1. The first-order valence-corrected chi connectivity index (χ1v) is 15.6. The summed E-state index contributed by atoms with van der Waals surface area (Å²) in [6.07, 6.45) is 4.31. The lowest BCUT2D eigenvalue weighted by Gasteiger charge is -2.27. The third-order valence-corrected chi connectivity index (χ3v) is 9.04. The second-order valence-corrected chi connectivity index (χ2v) is 12.0. The van der Waals surface area contributed by atoms with Crippen molar-refractivity contribution in [1.29, 1.82) is 0 Å². The summed E-state index contributed by atoms with van der Waals surface area (Å²) in [5.74, 6) is -0.0623. The molecule has 43 heavy (non-hydrogen) atoms. The van der Waals surface area contributed by atoms with Gasteiger partial charge in [-0.3, -0.25) is 9.36 Å². The molecule has 0 amide bonds. The van der Waals surface area contributed by atoms with E-state index in [2.05, 4.69) is 30.0 Å². The molecule has 0 aliphatic carbocycles. The fourth-order valence-electron chi connectivity index (χ4n) is 5.89. The van der Waals surface area contributed by atoms with Gasteiger partial charge in [0, 0.05) is 34.9 Å². The number of halogens is 1. The quantitative estimate of drug-likeness (QED) is 0.257. The first kappa shape index (κ1) is 29.0. The maximum Gasteiger partial charge on any atom is 0.338 e. The van der Waals surface area contributed by atoms with Crippen molar-refractivity contribution in [1.82, 2.24) is 4.57 Å². The van der Waals surface area contributed by atoms with E-state index in [0.717, 1.165) is 24.2 Å². The number of carbonyl (C=O) groups excluding carboxylic acids is 1. The molecule has 2 aliphatic heterocycles. The molecule has 1 fully saturated rings. The van der Waals surface area contributed by atoms with Crippen LogP contribution in [-0.4, -0.2) is 37.3 Å². The number of carbonyl (C=O) groups is 1. The molecule has 7 nitrogen and oxygen atoms in total. The average molecular weight is 614 g/mol. The minimum absolute atomic E-state index is 0.168. The third-order valence-electron chi connectivity index (χ3n) is 7.83. The van der Waals surface area contributed by atoms with E-state index in [-0.39, 0.29) is 17.7 Å². The highest BCUT2D eigenvalue weighted by Crippen LogP contribution is 2.39. The molecule has 0 bridgehead atoms. The fraction of sp³-hybridized carbons (Fsp3) is 0.265. The van der Waals surface area contributed by atoms with Crippen LogP contribution in [0.2, 0.25) is 5.02 Å². The van der Waals surface area contributed by atoms with Crippen LogP contribution >= 0.6 is 22.9 Å². The Morgan fingerprint density at radius 2 is 1.86 bits per heavy atom. The molecule has 3 aromatic carbocycles. The Morgan fingerprint density at radius 1 is 1.09 bits per heavy atom. The van der Waals surface area contributed by atoms with Gasteiger partial charge in [-0.2, -0.15) is 0 Å². The number of ether oxygens (including phenoxy) is 2. The predicted octanol–water partition coefficient (Wildman–Crippen LogP) is 5.51. The molecule has 4 aromatic rings. The van der Waals surface area contributed by atoms with E-state index >= 15 is 0 Å². The number of hydrogen-bond donors (Lipinski definition) is 0. The van der Waals surface area contributed by atoms with Crippen molar-refractivity contribution in [3.05, 3.63) is 119 Å². The van der Waals surface area contributed by atoms with E-state index in [9.17, 15) is 9.59 Å². The molecule has 1 aromatic heterocycles. The average Bonchev–Trinajstić information content (AvgIpc) is 3.65. The van der Waals surface area contributed by atoms with E-state index in [4.69, 9.17) is 26.1 Å². The number of rotatable bonds is 7. The van der Waals surface area contributed by atoms with Crippen LogP contribution in [0.1, 0.15) is 48.1 Å². The van der Waals surface area contributed by atoms with E-state index in [1.165, 1.54) is 35.4 Å². The normalized spacial score (nSPS) is 16.7. The summed E-state index contributed by atoms with van der Waals surface area (Å²) in [5, 5.41) is 0.452. The highest BCUT2D eigenvalue weighted by Gasteiger charge is 2.37. The Bertz CT molecular complexity index is 1910. The van der Waals surface area contributed by atoms with Gasteiger partial charge < -0.3 is 14.4 Å². The molecule has 9 heteroatoms. The van der Waals surface area contributed by atoms with E-state index in [1.54, 1.807) is 36.8 Å². The summed E-state index contributed by atoms with van der Waals surface area (Å²) in [4.78, 5) is 35.8. The van der Waals surface area contributed by atoms with E-state index in [1.807, 2.05) is 36.4 Å². The maximum absolute atomic E-state index is 14.2. The van der Waals surface area contributed by atoms with Gasteiger partial charge in [-0.25, -0.2) is 9.79 Å². The summed E-state index contributed by atoms with van der Waals surface area (Å²) >= 11 is 7.77. The molecule has 220 valence electrons. The topological polar surface area (TPSA) is 73.1 Å². The minimum Gasteiger partial charge on any atom is -0.496 e. The molecule has 0 unspecified atom stereocenters. The zero-order chi connectivity index (χ0) is 30.1. The lowest BCUT2D eigenvalue weighted by Crippen LogP contribution is -2.40. The van der Waals surface area contributed by atoms with Crippen molar-refractivity contribution in [3.8, 4) is 5.75 Å². The van der Waals surface area contributed by atoms with Crippen LogP contribution in [0.3, 0.4) is 0 Å². The van der Waals surface area contributed by atoms with Gasteiger partial charge in [0.05, 0.1) is 29.5 Å². The van der Waals surface area contributed by atoms with E-state index < -0.39 is 12.0 Å². The molecule has 3 heterocycles. The Balaban J connectivity index is 1.59. The van der Waals surface area contributed by atoms with Crippen molar-refractivity contribution in [2.45, 2.75) is 32.7 Å². The van der Waals surface area contributed by atoms with Crippen molar-refractivity contribution >= 4 is 46.4 Å². The van der Waals surface area contributed by atoms with Crippen LogP contribution in [0.4, 0.5) is 5.69 Å². The number of aromatic nitrogens is 1. The summed E-state index contributed by atoms with van der Waals surface area (Å²) < 4.78 is 13.4. The first-order chi connectivity index (χ1) is 20.9. The molecule has 0 radical (unpaired) electrons. The fourth-order valence-corrected chi connectivity index (χ4v) is 7.07. The molecule has 6 rings (SSSR count). The van der Waals surface area contributed by atoms with Crippen LogP contribution in [0.15, 0.2) is 82.1 Å². The Hall–Kier alpha value is -4.14. The molecule has 0 N–H and O–H groups in total.